The van der Waals surface area contributed by atoms with Gasteiger partial charge >= 0.3 is 5.97 Å². The summed E-state index contributed by atoms with van der Waals surface area (Å²) >= 11 is 3.47. The van der Waals surface area contributed by atoms with Crippen molar-refractivity contribution < 1.29 is 14.7 Å². The third-order valence-electron chi connectivity index (χ3n) is 7.79. The van der Waals surface area contributed by atoms with Crippen LogP contribution in [0.3, 0.4) is 0 Å². The van der Waals surface area contributed by atoms with Crippen LogP contribution in [0.4, 0.5) is 0 Å². The van der Waals surface area contributed by atoms with Crippen LogP contribution in [0, 0.1) is 6.92 Å². The summed E-state index contributed by atoms with van der Waals surface area (Å²) in [5.41, 5.74) is 5.96. The van der Waals surface area contributed by atoms with Gasteiger partial charge in [-0.05, 0) is 90.8 Å². The van der Waals surface area contributed by atoms with Crippen molar-refractivity contribution >= 4 is 35.4 Å². The minimum atomic E-state index is -1.00. The second-order valence-electron chi connectivity index (χ2n) is 10.5. The average molecular weight is 577 g/mol. The summed E-state index contributed by atoms with van der Waals surface area (Å²) in [6.07, 6.45) is 7.90. The van der Waals surface area contributed by atoms with Gasteiger partial charge in [-0.1, -0.05) is 60.7 Å². The zero-order chi connectivity index (χ0) is 28.5. The summed E-state index contributed by atoms with van der Waals surface area (Å²) in [5, 5.41) is 12.5. The largest absolute Gasteiger partial charge is 0.480 e. The van der Waals surface area contributed by atoms with E-state index in [4.69, 9.17) is 0 Å². The highest BCUT2D eigenvalue weighted by Crippen LogP contribution is 2.33. The van der Waals surface area contributed by atoms with Gasteiger partial charge < -0.3 is 10.4 Å². The molecular weight excluding hydrogens is 537 g/mol. The Morgan fingerprint density at radius 1 is 0.925 bits per heavy atom. The van der Waals surface area contributed by atoms with Crippen molar-refractivity contribution in [2.45, 2.75) is 57.3 Å². The molecule has 0 radical (unpaired) electrons. The number of aryl methyl sites for hydroxylation is 1. The molecule has 5 nitrogen and oxygen atoms in total. The maximum Gasteiger partial charge on any atom is 0.326 e. The van der Waals surface area contributed by atoms with Crippen LogP contribution in [0.1, 0.15) is 46.3 Å². The summed E-state index contributed by atoms with van der Waals surface area (Å²) in [6.45, 7) is 2.86. The molecule has 40 heavy (non-hydrogen) atoms. The van der Waals surface area contributed by atoms with Crippen molar-refractivity contribution in [2.24, 2.45) is 0 Å². The molecule has 1 aliphatic rings. The maximum atomic E-state index is 13.5. The standard InChI is InChI=1S/C33H40N2O3S2/c1-23-9-7-8-12-28(23)30-20-25(13-16-29(30)32(36)34-31(33(37)38)17-18-39-2)21-35-26(14-15-27(35)22-40-3)19-24-10-5-4-6-11-24/h4-13,16,20,26-27,31H,14-15,17-19,21-22H2,1-3H3,(H,34,36)(H,37,38)/t26-,27+,31?/m0/s1. The quantitative estimate of drug-likeness (QED) is 0.241. The number of hydrogen-bond acceptors (Lipinski definition) is 5. The summed E-state index contributed by atoms with van der Waals surface area (Å²) in [6, 6.07) is 24.9. The van der Waals surface area contributed by atoms with E-state index in [2.05, 4.69) is 52.9 Å². The number of hydrogen-bond donors (Lipinski definition) is 2. The lowest BCUT2D eigenvalue weighted by Crippen LogP contribution is -2.41. The molecule has 4 rings (SSSR count). The Morgan fingerprint density at radius 3 is 2.35 bits per heavy atom. The molecule has 212 valence electrons. The van der Waals surface area contributed by atoms with E-state index in [1.807, 2.05) is 61.3 Å². The molecule has 0 aromatic heterocycles. The lowest BCUT2D eigenvalue weighted by Gasteiger charge is -2.30. The first-order chi connectivity index (χ1) is 19.4. The van der Waals surface area contributed by atoms with Crippen molar-refractivity contribution in [3.8, 4) is 11.1 Å². The van der Waals surface area contributed by atoms with Crippen LogP contribution in [-0.4, -0.2) is 64.0 Å². The fourth-order valence-corrected chi connectivity index (χ4v) is 6.89. The van der Waals surface area contributed by atoms with Crippen molar-refractivity contribution in [1.29, 1.82) is 0 Å². The summed E-state index contributed by atoms with van der Waals surface area (Å²) < 4.78 is 0. The van der Waals surface area contributed by atoms with Crippen molar-refractivity contribution in [2.75, 3.05) is 24.0 Å². The lowest BCUT2D eigenvalue weighted by molar-refractivity contribution is -0.139. The third-order valence-corrected chi connectivity index (χ3v) is 9.15. The van der Waals surface area contributed by atoms with Crippen LogP contribution >= 0.6 is 23.5 Å². The maximum absolute atomic E-state index is 13.5. The number of amides is 1. The first kappa shape index (κ1) is 30.2. The Kier molecular flexibility index (Phi) is 11.2. The lowest BCUT2D eigenvalue weighted by atomic mass is 9.93. The van der Waals surface area contributed by atoms with Gasteiger partial charge in [0.25, 0.3) is 5.91 Å². The van der Waals surface area contributed by atoms with Gasteiger partial charge in [0.2, 0.25) is 0 Å². The van der Waals surface area contributed by atoms with Gasteiger partial charge in [0, 0.05) is 29.9 Å². The molecule has 1 heterocycles. The molecule has 1 aliphatic heterocycles. The van der Waals surface area contributed by atoms with E-state index >= 15 is 0 Å². The van der Waals surface area contributed by atoms with Crippen LogP contribution in [0.15, 0.2) is 72.8 Å². The van der Waals surface area contributed by atoms with Gasteiger partial charge in [0.05, 0.1) is 0 Å². The minimum absolute atomic E-state index is 0.346. The van der Waals surface area contributed by atoms with Gasteiger partial charge in [-0.2, -0.15) is 23.5 Å². The van der Waals surface area contributed by atoms with E-state index in [1.54, 1.807) is 11.8 Å². The Labute approximate surface area is 247 Å². The SMILES string of the molecule is CSCCC(NC(=O)c1ccc(CN2[C@@H](CSC)CC[C@H]2Cc2ccccc2)cc1-c1ccccc1C)C(=O)O. The normalized spacial score (nSPS) is 18.0. The van der Waals surface area contributed by atoms with Crippen LogP contribution in [-0.2, 0) is 17.8 Å². The predicted molar refractivity (Wildman–Crippen MR) is 169 cm³/mol. The first-order valence-electron chi connectivity index (χ1n) is 13.9. The number of carboxylic acids is 1. The van der Waals surface area contributed by atoms with Crippen LogP contribution in [0.2, 0.25) is 0 Å². The Balaban J connectivity index is 1.65. The highest BCUT2D eigenvalue weighted by Gasteiger charge is 2.33. The fourth-order valence-electron chi connectivity index (χ4n) is 5.68. The van der Waals surface area contributed by atoms with E-state index in [1.165, 1.54) is 18.4 Å². The molecule has 3 aromatic carbocycles. The number of aliphatic carboxylic acids is 1. The monoisotopic (exact) mass is 576 g/mol. The number of carboxylic acid groups (broad SMARTS) is 1. The van der Waals surface area contributed by atoms with Gasteiger partial charge in [0.15, 0.2) is 0 Å². The number of carbonyl (C=O) groups is 2. The summed E-state index contributed by atoms with van der Waals surface area (Å²) in [7, 11) is 0. The third kappa shape index (κ3) is 7.71. The number of benzene rings is 3. The highest BCUT2D eigenvalue weighted by atomic mass is 32.2. The molecule has 1 saturated heterocycles. The molecular formula is C33H40N2O3S2. The minimum Gasteiger partial charge on any atom is -0.480 e. The van der Waals surface area contributed by atoms with E-state index in [9.17, 15) is 14.7 Å². The van der Waals surface area contributed by atoms with E-state index in [0.717, 1.165) is 41.0 Å². The fraction of sp³-hybridized carbons (Fsp3) is 0.394. The van der Waals surface area contributed by atoms with Crippen molar-refractivity contribution in [3.05, 3.63) is 95.1 Å². The predicted octanol–water partition coefficient (Wildman–Crippen LogP) is 6.54. The van der Waals surface area contributed by atoms with Crippen LogP contribution < -0.4 is 5.32 Å². The smallest absolute Gasteiger partial charge is 0.326 e. The number of likely N-dealkylation sites (tertiary alicyclic amines) is 1. The number of nitrogens with one attached hydrogen (secondary N) is 1. The number of carbonyl (C=O) groups excluding carboxylic acids is 1. The number of nitrogens with zero attached hydrogens (tertiary/aromatic N) is 1. The molecule has 1 amide bonds. The molecule has 0 saturated carbocycles. The van der Waals surface area contributed by atoms with Gasteiger partial charge in [0.1, 0.15) is 6.04 Å². The first-order valence-corrected chi connectivity index (χ1v) is 16.7. The zero-order valence-corrected chi connectivity index (χ0v) is 25.3. The average Bonchev–Trinajstić information content (AvgIpc) is 3.32. The molecule has 1 unspecified atom stereocenters. The van der Waals surface area contributed by atoms with Crippen LogP contribution in [0.25, 0.3) is 11.1 Å². The topological polar surface area (TPSA) is 69.6 Å². The van der Waals surface area contributed by atoms with E-state index in [0.29, 0.717) is 29.8 Å². The Hall–Kier alpha value is -2.74. The van der Waals surface area contributed by atoms with Crippen molar-refractivity contribution in [1.82, 2.24) is 10.2 Å². The number of thioether (sulfide) groups is 2. The molecule has 0 bridgehead atoms. The van der Waals surface area contributed by atoms with Gasteiger partial charge in [-0.25, -0.2) is 4.79 Å². The molecule has 3 aromatic rings. The molecule has 3 atom stereocenters. The van der Waals surface area contributed by atoms with E-state index in [-0.39, 0.29) is 5.91 Å². The Bertz CT molecular complexity index is 1280. The Morgan fingerprint density at radius 2 is 1.65 bits per heavy atom. The molecule has 7 heteroatoms. The van der Waals surface area contributed by atoms with Crippen molar-refractivity contribution in [3.63, 3.8) is 0 Å². The van der Waals surface area contributed by atoms with Gasteiger partial charge in [-0.15, -0.1) is 0 Å². The number of rotatable bonds is 13. The van der Waals surface area contributed by atoms with Crippen LogP contribution in [0.5, 0.6) is 0 Å². The summed E-state index contributed by atoms with van der Waals surface area (Å²) in [4.78, 5) is 28.0. The summed E-state index contributed by atoms with van der Waals surface area (Å²) in [5.74, 6) is 0.414. The molecule has 2 N–H and O–H groups in total. The second-order valence-corrected chi connectivity index (χ2v) is 12.4. The molecule has 0 aliphatic carbocycles. The highest BCUT2D eigenvalue weighted by molar-refractivity contribution is 7.98. The van der Waals surface area contributed by atoms with E-state index < -0.39 is 12.0 Å². The van der Waals surface area contributed by atoms with Gasteiger partial charge in [-0.3, -0.25) is 9.69 Å². The second kappa shape index (κ2) is 14.8. The molecule has 1 fully saturated rings. The molecule has 0 spiro atoms. The zero-order valence-electron chi connectivity index (χ0n) is 23.6.